The van der Waals surface area contributed by atoms with Crippen LogP contribution in [0.1, 0.15) is 5.56 Å². The molecule has 7 nitrogen and oxygen atoms in total. The minimum Gasteiger partial charge on any atom is -0.354 e. The minimum absolute atomic E-state index is 0.0200. The van der Waals surface area contributed by atoms with Gasteiger partial charge in [0, 0.05) is 38.4 Å². The van der Waals surface area contributed by atoms with E-state index in [0.29, 0.717) is 37.6 Å². The molecule has 31 heavy (non-hydrogen) atoms. The van der Waals surface area contributed by atoms with Crippen molar-refractivity contribution in [2.45, 2.75) is 6.18 Å². The quantitative estimate of drug-likeness (QED) is 0.688. The van der Waals surface area contributed by atoms with E-state index < -0.39 is 17.6 Å². The predicted octanol–water partition coefficient (Wildman–Crippen LogP) is 2.47. The molecule has 1 N–H and O–H groups in total. The van der Waals surface area contributed by atoms with Crippen molar-refractivity contribution >= 4 is 23.1 Å². The normalized spacial score (nSPS) is 15.3. The summed E-state index contributed by atoms with van der Waals surface area (Å²) in [6.07, 6.45) is -2.89. The molecule has 10 heteroatoms. The van der Waals surface area contributed by atoms with E-state index in [2.05, 4.69) is 10.3 Å². The number of carbonyl (C=O) groups is 1. The van der Waals surface area contributed by atoms with Gasteiger partial charge in [-0.3, -0.25) is 18.9 Å². The van der Waals surface area contributed by atoms with Crippen molar-refractivity contribution in [2.75, 3.05) is 42.9 Å². The highest BCUT2D eigenvalue weighted by Crippen LogP contribution is 2.34. The van der Waals surface area contributed by atoms with Crippen LogP contribution in [0, 0.1) is 0 Å². The molecule has 2 aromatic heterocycles. The van der Waals surface area contributed by atoms with Crippen LogP contribution in [-0.2, 0) is 11.0 Å². The Bertz CT molecular complexity index is 1150. The SMILES string of the molecule is O=C(CN1CCN(c2cc(=O)n3ccccc3n2)CC1)Nc1ccccc1C(F)(F)F. The smallest absolute Gasteiger partial charge is 0.354 e. The third-order valence-electron chi connectivity index (χ3n) is 5.13. The summed E-state index contributed by atoms with van der Waals surface area (Å²) in [5, 5.41) is 2.36. The third-order valence-corrected chi connectivity index (χ3v) is 5.13. The number of nitrogens with one attached hydrogen (secondary N) is 1. The molecular weight excluding hydrogens is 411 g/mol. The first-order valence-corrected chi connectivity index (χ1v) is 9.73. The zero-order chi connectivity index (χ0) is 22.0. The first-order valence-electron chi connectivity index (χ1n) is 9.73. The Hall–Kier alpha value is -3.40. The third kappa shape index (κ3) is 4.69. The molecule has 0 spiro atoms. The van der Waals surface area contributed by atoms with Crippen LogP contribution in [0.5, 0.6) is 0 Å². The van der Waals surface area contributed by atoms with Crippen LogP contribution in [0.4, 0.5) is 24.7 Å². The van der Waals surface area contributed by atoms with E-state index in [4.69, 9.17) is 0 Å². The fourth-order valence-electron chi connectivity index (χ4n) is 3.57. The Labute approximate surface area is 175 Å². The van der Waals surface area contributed by atoms with Crippen LogP contribution in [0.15, 0.2) is 59.5 Å². The molecule has 1 saturated heterocycles. The van der Waals surface area contributed by atoms with E-state index >= 15 is 0 Å². The number of halogens is 3. The highest BCUT2D eigenvalue weighted by atomic mass is 19.4. The lowest BCUT2D eigenvalue weighted by Crippen LogP contribution is -2.49. The number of rotatable bonds is 4. The molecule has 1 amide bonds. The zero-order valence-electron chi connectivity index (χ0n) is 16.5. The van der Waals surface area contributed by atoms with Crippen molar-refractivity contribution in [1.29, 1.82) is 0 Å². The molecule has 1 fully saturated rings. The fraction of sp³-hybridized carbons (Fsp3) is 0.286. The molecule has 3 heterocycles. The van der Waals surface area contributed by atoms with Gasteiger partial charge in [-0.05, 0) is 24.3 Å². The molecule has 3 aromatic rings. The fourth-order valence-corrected chi connectivity index (χ4v) is 3.57. The van der Waals surface area contributed by atoms with Gasteiger partial charge in [-0.15, -0.1) is 0 Å². The van der Waals surface area contributed by atoms with Crippen LogP contribution in [0.25, 0.3) is 5.65 Å². The summed E-state index contributed by atoms with van der Waals surface area (Å²) >= 11 is 0. The number of hydrogen-bond donors (Lipinski definition) is 1. The van der Waals surface area contributed by atoms with Crippen LogP contribution >= 0.6 is 0 Å². The lowest BCUT2D eigenvalue weighted by atomic mass is 10.1. The monoisotopic (exact) mass is 431 g/mol. The van der Waals surface area contributed by atoms with Gasteiger partial charge in [0.15, 0.2) is 0 Å². The Morgan fingerprint density at radius 2 is 1.74 bits per heavy atom. The van der Waals surface area contributed by atoms with Crippen LogP contribution in [0.3, 0.4) is 0 Å². The molecule has 1 aromatic carbocycles. The first-order chi connectivity index (χ1) is 14.8. The minimum atomic E-state index is -4.54. The first kappa shape index (κ1) is 20.9. The Kier molecular flexibility index (Phi) is 5.64. The maximum absolute atomic E-state index is 13.1. The van der Waals surface area contributed by atoms with Crippen molar-refractivity contribution in [3.63, 3.8) is 0 Å². The van der Waals surface area contributed by atoms with Gasteiger partial charge in [0.2, 0.25) is 5.91 Å². The van der Waals surface area contributed by atoms with E-state index in [1.807, 2.05) is 9.80 Å². The number of pyridine rings is 1. The number of benzene rings is 1. The number of carbonyl (C=O) groups excluding carboxylic acids is 1. The van der Waals surface area contributed by atoms with Gasteiger partial charge >= 0.3 is 6.18 Å². The van der Waals surface area contributed by atoms with E-state index in [0.717, 1.165) is 6.07 Å². The van der Waals surface area contributed by atoms with Crippen molar-refractivity contribution in [3.8, 4) is 0 Å². The number of nitrogens with zero attached hydrogens (tertiary/aromatic N) is 4. The van der Waals surface area contributed by atoms with E-state index in [9.17, 15) is 22.8 Å². The molecule has 0 radical (unpaired) electrons. The number of aromatic nitrogens is 2. The summed E-state index contributed by atoms with van der Waals surface area (Å²) in [5.41, 5.74) is -0.748. The average molecular weight is 431 g/mol. The number of hydrogen-bond acceptors (Lipinski definition) is 5. The maximum atomic E-state index is 13.1. The topological polar surface area (TPSA) is 70.0 Å². The molecule has 0 bridgehead atoms. The summed E-state index contributed by atoms with van der Waals surface area (Å²) in [5.74, 6) is 0.0617. The van der Waals surface area contributed by atoms with Crippen molar-refractivity contribution in [3.05, 3.63) is 70.6 Å². The Balaban J connectivity index is 1.37. The summed E-state index contributed by atoms with van der Waals surface area (Å²) in [6, 6.07) is 11.7. The number of fused-ring (bicyclic) bond motifs is 1. The summed E-state index contributed by atoms with van der Waals surface area (Å²) in [6.45, 7) is 2.10. The van der Waals surface area contributed by atoms with Crippen LogP contribution in [-0.4, -0.2) is 52.9 Å². The molecular formula is C21H20F3N5O2. The van der Waals surface area contributed by atoms with E-state index in [1.54, 1.807) is 24.4 Å². The predicted molar refractivity (Wildman–Crippen MR) is 110 cm³/mol. The van der Waals surface area contributed by atoms with E-state index in [-0.39, 0.29) is 17.8 Å². The molecule has 1 aliphatic heterocycles. The highest BCUT2D eigenvalue weighted by molar-refractivity contribution is 5.93. The average Bonchev–Trinajstić information content (AvgIpc) is 2.74. The van der Waals surface area contributed by atoms with Crippen molar-refractivity contribution < 1.29 is 18.0 Å². The van der Waals surface area contributed by atoms with Gasteiger partial charge < -0.3 is 10.2 Å². The largest absolute Gasteiger partial charge is 0.418 e. The molecule has 0 atom stereocenters. The molecule has 0 unspecified atom stereocenters. The maximum Gasteiger partial charge on any atom is 0.418 e. The number of piperazine rings is 1. The van der Waals surface area contributed by atoms with Gasteiger partial charge in [0.25, 0.3) is 5.56 Å². The molecule has 4 rings (SSSR count). The molecule has 1 aliphatic rings. The number of para-hydroxylation sites is 1. The number of alkyl halides is 3. The van der Waals surface area contributed by atoms with Crippen LogP contribution in [0.2, 0.25) is 0 Å². The lowest BCUT2D eigenvalue weighted by molar-refractivity contribution is -0.137. The molecule has 0 aliphatic carbocycles. The van der Waals surface area contributed by atoms with Gasteiger partial charge in [-0.25, -0.2) is 4.98 Å². The second-order valence-corrected chi connectivity index (χ2v) is 7.24. The number of amides is 1. The molecule has 162 valence electrons. The van der Waals surface area contributed by atoms with E-state index in [1.165, 1.54) is 28.7 Å². The van der Waals surface area contributed by atoms with Gasteiger partial charge in [0.05, 0.1) is 17.8 Å². The summed E-state index contributed by atoms with van der Waals surface area (Å²) < 4.78 is 40.7. The second-order valence-electron chi connectivity index (χ2n) is 7.24. The summed E-state index contributed by atoms with van der Waals surface area (Å²) in [7, 11) is 0. The zero-order valence-corrected chi connectivity index (χ0v) is 16.5. The highest BCUT2D eigenvalue weighted by Gasteiger charge is 2.33. The summed E-state index contributed by atoms with van der Waals surface area (Å²) in [4.78, 5) is 32.9. The van der Waals surface area contributed by atoms with Gasteiger partial charge in [-0.1, -0.05) is 18.2 Å². The number of anilines is 2. The van der Waals surface area contributed by atoms with Crippen molar-refractivity contribution in [2.24, 2.45) is 0 Å². The van der Waals surface area contributed by atoms with Crippen LogP contribution < -0.4 is 15.8 Å². The van der Waals surface area contributed by atoms with Gasteiger partial charge in [0.1, 0.15) is 11.5 Å². The standard InChI is InChI=1S/C21H20F3N5O2/c22-21(23,24)15-5-1-2-6-16(15)25-19(30)14-27-9-11-28(12-10-27)18-13-20(31)29-8-4-3-7-17(29)26-18/h1-8,13H,9-12,14H2,(H,25,30). The molecule has 0 saturated carbocycles. The Morgan fingerprint density at radius 1 is 1.03 bits per heavy atom. The lowest BCUT2D eigenvalue weighted by Gasteiger charge is -2.35. The Morgan fingerprint density at radius 3 is 2.48 bits per heavy atom. The van der Waals surface area contributed by atoms with Gasteiger partial charge in [-0.2, -0.15) is 13.2 Å². The van der Waals surface area contributed by atoms with Crippen molar-refractivity contribution in [1.82, 2.24) is 14.3 Å². The second kappa shape index (κ2) is 8.38.